The van der Waals surface area contributed by atoms with Crippen LogP contribution in [0.1, 0.15) is 21.5 Å². The van der Waals surface area contributed by atoms with Crippen LogP contribution in [0.4, 0.5) is 8.78 Å². The Balaban J connectivity index is 0.000000751. The van der Waals surface area contributed by atoms with E-state index in [-0.39, 0.29) is 17.2 Å². The Kier molecular flexibility index (Phi) is 8.30. The lowest BCUT2D eigenvalue weighted by atomic mass is 9.99. The molecule has 0 amide bonds. The molecule has 4 rings (SSSR count). The number of aromatic nitrogens is 2. The Labute approximate surface area is 195 Å². The number of hydrogen-bond donors (Lipinski definition) is 1. The number of ether oxygens (including phenoxy) is 3. The lowest BCUT2D eigenvalue weighted by Crippen LogP contribution is -2.41. The summed E-state index contributed by atoms with van der Waals surface area (Å²) in [5.41, 5.74) is 2.87. The molecular weight excluding hydrogens is 448 g/mol. The zero-order valence-corrected chi connectivity index (χ0v) is 19.5. The summed E-state index contributed by atoms with van der Waals surface area (Å²) in [6.45, 7) is 4.43. The van der Waals surface area contributed by atoms with Crippen LogP contribution in [0.25, 0.3) is 22.3 Å². The molecule has 0 radical (unpaired) electrons. The Morgan fingerprint density at radius 3 is 2.56 bits per heavy atom. The molecular formula is C24H27F2N3O5. The van der Waals surface area contributed by atoms with Gasteiger partial charge >= 0.3 is 5.97 Å². The van der Waals surface area contributed by atoms with E-state index in [1.165, 1.54) is 7.11 Å². The maximum absolute atomic E-state index is 15.0. The van der Waals surface area contributed by atoms with E-state index in [1.54, 1.807) is 6.20 Å². The van der Waals surface area contributed by atoms with Gasteiger partial charge in [-0.3, -0.25) is 9.78 Å². The number of carbonyl (C=O) groups is 2. The van der Waals surface area contributed by atoms with Crippen LogP contribution in [0.3, 0.4) is 0 Å². The molecule has 1 atom stereocenters. The average molecular weight is 475 g/mol. The second-order valence-corrected chi connectivity index (χ2v) is 7.98. The van der Waals surface area contributed by atoms with E-state index < -0.39 is 17.6 Å². The second-order valence-electron chi connectivity index (χ2n) is 7.98. The van der Waals surface area contributed by atoms with E-state index in [2.05, 4.69) is 24.3 Å². The van der Waals surface area contributed by atoms with Gasteiger partial charge in [-0.05, 0) is 37.7 Å². The van der Waals surface area contributed by atoms with Crippen molar-refractivity contribution >= 4 is 23.5 Å². The molecule has 0 saturated carbocycles. The number of rotatable bonds is 5. The van der Waals surface area contributed by atoms with Crippen LogP contribution in [0, 0.1) is 18.6 Å². The van der Waals surface area contributed by atoms with Crippen molar-refractivity contribution in [1.82, 2.24) is 14.9 Å². The third-order valence-corrected chi connectivity index (χ3v) is 5.45. The first kappa shape index (κ1) is 25.3. The number of esters is 1. The lowest BCUT2D eigenvalue weighted by molar-refractivity contribution is -0.126. The van der Waals surface area contributed by atoms with Gasteiger partial charge in [0, 0.05) is 31.3 Å². The van der Waals surface area contributed by atoms with Gasteiger partial charge in [-0.2, -0.15) is 0 Å². The Bertz CT molecular complexity index is 1160. The minimum Gasteiger partial charge on any atom is -0.471 e. The topological polar surface area (TPSA) is 93.8 Å². The van der Waals surface area contributed by atoms with Gasteiger partial charge < -0.3 is 24.1 Å². The van der Waals surface area contributed by atoms with E-state index >= 15 is 0 Å². The van der Waals surface area contributed by atoms with E-state index in [4.69, 9.17) is 9.53 Å². The molecule has 3 aromatic rings. The third kappa shape index (κ3) is 5.57. The van der Waals surface area contributed by atoms with Crippen LogP contribution in [0.15, 0.2) is 24.4 Å². The predicted molar refractivity (Wildman–Crippen MR) is 122 cm³/mol. The fraction of sp³-hybridized carbons (Fsp3) is 0.375. The molecule has 1 unspecified atom stereocenters. The number of halogens is 2. The second kappa shape index (κ2) is 11.2. The largest absolute Gasteiger partial charge is 0.471 e. The maximum atomic E-state index is 15.0. The number of methoxy groups -OCH3 is 2. The smallest absolute Gasteiger partial charge is 0.338 e. The molecule has 1 aliphatic heterocycles. The molecule has 8 nitrogen and oxygen atoms in total. The SMILES string of the molecule is COC(=O)c1cc(F)c(-c2[nH]c3cc(C)cnc3c2CC2CN(C)CCO2)c(F)c1.COC=O. The van der Waals surface area contributed by atoms with Gasteiger partial charge in [-0.15, -0.1) is 0 Å². The minimum absolute atomic E-state index is 0.120. The van der Waals surface area contributed by atoms with Crippen molar-refractivity contribution in [1.29, 1.82) is 0 Å². The monoisotopic (exact) mass is 475 g/mol. The first-order chi connectivity index (χ1) is 16.3. The first-order valence-electron chi connectivity index (χ1n) is 10.6. The predicted octanol–water partition coefficient (Wildman–Crippen LogP) is 3.27. The number of nitrogens with one attached hydrogen (secondary N) is 1. The molecule has 1 saturated heterocycles. The average Bonchev–Trinajstić information content (AvgIpc) is 3.14. The molecule has 1 N–H and O–H groups in total. The van der Waals surface area contributed by atoms with Crippen molar-refractivity contribution in [3.8, 4) is 11.3 Å². The summed E-state index contributed by atoms with van der Waals surface area (Å²) >= 11 is 0. The molecule has 0 spiro atoms. The summed E-state index contributed by atoms with van der Waals surface area (Å²) < 4.78 is 44.3. The molecule has 0 bridgehead atoms. The third-order valence-electron chi connectivity index (χ3n) is 5.45. The summed E-state index contributed by atoms with van der Waals surface area (Å²) in [5, 5.41) is 0. The van der Waals surface area contributed by atoms with E-state index in [0.29, 0.717) is 48.3 Å². The fourth-order valence-electron chi connectivity index (χ4n) is 3.91. The van der Waals surface area contributed by atoms with Crippen molar-refractivity contribution in [2.45, 2.75) is 19.4 Å². The normalized spacial score (nSPS) is 16.0. The zero-order valence-electron chi connectivity index (χ0n) is 19.5. The lowest BCUT2D eigenvalue weighted by Gasteiger charge is -2.30. The summed E-state index contributed by atoms with van der Waals surface area (Å²) in [6, 6.07) is 3.87. The van der Waals surface area contributed by atoms with Crippen LogP contribution in [0.5, 0.6) is 0 Å². The molecule has 10 heteroatoms. The summed E-state index contributed by atoms with van der Waals surface area (Å²) in [5.74, 6) is -2.49. The van der Waals surface area contributed by atoms with Crippen LogP contribution in [-0.2, 0) is 25.4 Å². The Morgan fingerprint density at radius 1 is 1.29 bits per heavy atom. The number of hydrogen-bond acceptors (Lipinski definition) is 7. The molecule has 34 heavy (non-hydrogen) atoms. The minimum atomic E-state index is -0.846. The van der Waals surface area contributed by atoms with Crippen LogP contribution in [-0.4, -0.2) is 74.4 Å². The number of aromatic amines is 1. The standard InChI is InChI=1S/C22H23F2N3O3.C2H4O2/c1-12-6-18-20(25-10-12)15(9-14-11-27(2)4-5-30-14)21(26-18)19-16(23)7-13(8-17(19)24)22(28)29-3;1-4-2-3/h6-8,10,14,26H,4-5,9,11H2,1-3H3;2H,1H3. The van der Waals surface area contributed by atoms with Crippen molar-refractivity contribution in [3.63, 3.8) is 0 Å². The highest BCUT2D eigenvalue weighted by Gasteiger charge is 2.26. The van der Waals surface area contributed by atoms with Gasteiger partial charge in [0.15, 0.2) is 0 Å². The van der Waals surface area contributed by atoms with Crippen LogP contribution < -0.4 is 0 Å². The van der Waals surface area contributed by atoms with Crippen LogP contribution >= 0.6 is 0 Å². The number of morpholine rings is 1. The Morgan fingerprint density at radius 2 is 1.97 bits per heavy atom. The summed E-state index contributed by atoms with van der Waals surface area (Å²) in [7, 11) is 4.49. The van der Waals surface area contributed by atoms with Crippen molar-refractivity contribution < 1.29 is 32.6 Å². The number of pyridine rings is 1. The number of carbonyl (C=O) groups excluding carboxylic acids is 2. The van der Waals surface area contributed by atoms with E-state index in [1.807, 2.05) is 20.0 Å². The molecule has 0 aliphatic carbocycles. The Hall–Kier alpha value is -3.37. The molecule has 1 aromatic carbocycles. The highest BCUT2D eigenvalue weighted by Crippen LogP contribution is 2.35. The van der Waals surface area contributed by atoms with Gasteiger partial charge in [0.05, 0.1) is 54.8 Å². The first-order valence-corrected chi connectivity index (χ1v) is 10.6. The molecule has 2 aromatic heterocycles. The molecule has 1 aliphatic rings. The summed E-state index contributed by atoms with van der Waals surface area (Å²) in [4.78, 5) is 30.5. The number of fused-ring (bicyclic) bond motifs is 1. The van der Waals surface area contributed by atoms with Gasteiger partial charge in [0.2, 0.25) is 0 Å². The van der Waals surface area contributed by atoms with Crippen molar-refractivity contribution in [3.05, 3.63) is 52.7 Å². The molecule has 182 valence electrons. The maximum Gasteiger partial charge on any atom is 0.338 e. The summed E-state index contributed by atoms with van der Waals surface area (Å²) in [6.07, 6.45) is 2.06. The molecule has 3 heterocycles. The van der Waals surface area contributed by atoms with Gasteiger partial charge in [0.25, 0.3) is 6.47 Å². The van der Waals surface area contributed by atoms with Crippen LogP contribution in [0.2, 0.25) is 0 Å². The highest BCUT2D eigenvalue weighted by atomic mass is 19.1. The molecule has 1 fully saturated rings. The number of benzene rings is 1. The highest BCUT2D eigenvalue weighted by molar-refractivity contribution is 5.92. The quantitative estimate of drug-likeness (QED) is 0.447. The van der Waals surface area contributed by atoms with Gasteiger partial charge in [-0.1, -0.05) is 0 Å². The number of aryl methyl sites for hydroxylation is 1. The van der Waals surface area contributed by atoms with Crippen molar-refractivity contribution in [2.75, 3.05) is 41.0 Å². The fourth-order valence-corrected chi connectivity index (χ4v) is 3.91. The number of likely N-dealkylation sites (N-methyl/N-ethyl adjacent to an activating group) is 1. The number of nitrogens with zero attached hydrogens (tertiary/aromatic N) is 2. The van der Waals surface area contributed by atoms with Crippen molar-refractivity contribution in [2.24, 2.45) is 0 Å². The zero-order chi connectivity index (χ0) is 24.8. The van der Waals surface area contributed by atoms with E-state index in [0.717, 1.165) is 31.4 Å². The van der Waals surface area contributed by atoms with Gasteiger partial charge in [0.1, 0.15) is 11.6 Å². The number of H-pyrrole nitrogens is 1. The van der Waals surface area contributed by atoms with Gasteiger partial charge in [-0.25, -0.2) is 13.6 Å². The van der Waals surface area contributed by atoms with E-state index in [9.17, 15) is 13.6 Å².